The number of rotatable bonds is 5. The normalized spacial score (nSPS) is 18.3. The number of carbonyl (C=O) groups excluding carboxylic acids is 1. The van der Waals surface area contributed by atoms with Gasteiger partial charge in [-0.3, -0.25) is 4.79 Å². The van der Waals surface area contributed by atoms with Crippen molar-refractivity contribution in [3.05, 3.63) is 21.8 Å². The molecule has 0 saturated carbocycles. The van der Waals surface area contributed by atoms with Crippen LogP contribution in [0, 0.1) is 0 Å². The Morgan fingerprint density at radius 3 is 3.23 bits per heavy atom. The van der Waals surface area contributed by atoms with E-state index in [1.54, 1.807) is 11.3 Å². The Balaban J connectivity index is 1.49. The van der Waals surface area contributed by atoms with Gasteiger partial charge in [0.25, 0.3) is 0 Å². The Morgan fingerprint density at radius 2 is 2.50 bits per heavy atom. The summed E-state index contributed by atoms with van der Waals surface area (Å²) in [5.41, 5.74) is 0. The van der Waals surface area contributed by atoms with Crippen LogP contribution in [0.15, 0.2) is 20.4 Å². The maximum atomic E-state index is 11.9. The van der Waals surface area contributed by atoms with Gasteiger partial charge in [0.2, 0.25) is 17.6 Å². The van der Waals surface area contributed by atoms with Crippen molar-refractivity contribution < 1.29 is 9.32 Å². The predicted octanol–water partition coefficient (Wildman–Crippen LogP) is 2.36. The maximum absolute atomic E-state index is 11.9. The summed E-state index contributed by atoms with van der Waals surface area (Å²) in [4.78, 5) is 17.2. The molecule has 1 fully saturated rings. The second-order valence-electron chi connectivity index (χ2n) is 5.25. The zero-order valence-corrected chi connectivity index (χ0v) is 14.4. The van der Waals surface area contributed by atoms with Crippen molar-refractivity contribution >= 4 is 33.2 Å². The van der Waals surface area contributed by atoms with Crippen molar-refractivity contribution in [2.24, 2.45) is 0 Å². The molecule has 22 heavy (non-hydrogen) atoms. The molecule has 2 N–H and O–H groups in total. The summed E-state index contributed by atoms with van der Waals surface area (Å²) in [6.45, 7) is 1.89. The fraction of sp³-hybridized carbons (Fsp3) is 0.500. The van der Waals surface area contributed by atoms with Crippen LogP contribution in [0.4, 0.5) is 0 Å². The van der Waals surface area contributed by atoms with Crippen LogP contribution in [-0.2, 0) is 11.2 Å². The summed E-state index contributed by atoms with van der Waals surface area (Å²) in [6, 6.07) is 2.19. The summed E-state index contributed by atoms with van der Waals surface area (Å²) < 4.78 is 6.21. The standard InChI is InChI=1S/C14H17BrN4O2S/c15-9-6-11(22-8-9)14-18-13(21-19-14)4-3-12(20)17-10-2-1-5-16-7-10/h6,8,10,16H,1-5,7H2,(H,17,20)/t10-/m0/s1. The molecule has 1 saturated heterocycles. The van der Waals surface area contributed by atoms with Gasteiger partial charge in [-0.25, -0.2) is 0 Å². The summed E-state index contributed by atoms with van der Waals surface area (Å²) in [7, 11) is 0. The van der Waals surface area contributed by atoms with Crippen LogP contribution >= 0.6 is 27.3 Å². The molecule has 8 heteroatoms. The van der Waals surface area contributed by atoms with Crippen LogP contribution in [0.25, 0.3) is 10.7 Å². The van der Waals surface area contributed by atoms with Gasteiger partial charge in [0.1, 0.15) is 0 Å². The molecule has 3 heterocycles. The van der Waals surface area contributed by atoms with Gasteiger partial charge in [-0.2, -0.15) is 4.98 Å². The number of thiophene rings is 1. The topological polar surface area (TPSA) is 80.0 Å². The van der Waals surface area contributed by atoms with Crippen LogP contribution < -0.4 is 10.6 Å². The molecular formula is C14H17BrN4O2S. The number of nitrogens with zero attached hydrogens (tertiary/aromatic N) is 2. The highest BCUT2D eigenvalue weighted by Crippen LogP contribution is 2.27. The number of hydrogen-bond acceptors (Lipinski definition) is 6. The molecule has 0 spiro atoms. The average Bonchev–Trinajstić information content (AvgIpc) is 3.15. The van der Waals surface area contributed by atoms with E-state index in [0.717, 1.165) is 35.3 Å². The van der Waals surface area contributed by atoms with Gasteiger partial charge in [-0.15, -0.1) is 11.3 Å². The number of amides is 1. The van der Waals surface area contributed by atoms with Gasteiger partial charge in [-0.05, 0) is 41.4 Å². The van der Waals surface area contributed by atoms with Crippen LogP contribution in [0.1, 0.15) is 25.2 Å². The molecule has 118 valence electrons. The van der Waals surface area contributed by atoms with Crippen LogP contribution in [0.3, 0.4) is 0 Å². The number of carbonyl (C=O) groups is 1. The average molecular weight is 385 g/mol. The Hall–Kier alpha value is -1.25. The van der Waals surface area contributed by atoms with Crippen molar-refractivity contribution in [1.82, 2.24) is 20.8 Å². The molecule has 0 aliphatic carbocycles. The van der Waals surface area contributed by atoms with Crippen molar-refractivity contribution in [2.45, 2.75) is 31.7 Å². The lowest BCUT2D eigenvalue weighted by atomic mass is 10.1. The summed E-state index contributed by atoms with van der Waals surface area (Å²) in [5.74, 6) is 1.10. The molecule has 1 aliphatic heterocycles. The van der Waals surface area contributed by atoms with E-state index in [1.807, 2.05) is 11.4 Å². The molecule has 1 atom stereocenters. The van der Waals surface area contributed by atoms with E-state index >= 15 is 0 Å². The van der Waals surface area contributed by atoms with E-state index in [4.69, 9.17) is 4.52 Å². The summed E-state index contributed by atoms with van der Waals surface area (Å²) >= 11 is 4.94. The van der Waals surface area contributed by atoms with E-state index in [0.29, 0.717) is 24.6 Å². The second kappa shape index (κ2) is 7.34. The van der Waals surface area contributed by atoms with Gasteiger partial charge in [0, 0.05) is 35.3 Å². The quantitative estimate of drug-likeness (QED) is 0.826. The van der Waals surface area contributed by atoms with E-state index in [2.05, 4.69) is 36.7 Å². The highest BCUT2D eigenvalue weighted by molar-refractivity contribution is 9.10. The first-order valence-electron chi connectivity index (χ1n) is 7.28. The van der Waals surface area contributed by atoms with Gasteiger partial charge in [0.15, 0.2) is 0 Å². The van der Waals surface area contributed by atoms with Gasteiger partial charge in [-0.1, -0.05) is 5.16 Å². The lowest BCUT2D eigenvalue weighted by Gasteiger charge is -2.23. The van der Waals surface area contributed by atoms with E-state index < -0.39 is 0 Å². The minimum Gasteiger partial charge on any atom is -0.352 e. The molecule has 0 bridgehead atoms. The zero-order valence-electron chi connectivity index (χ0n) is 12.0. The number of piperidine rings is 1. The first-order chi connectivity index (χ1) is 10.7. The third kappa shape index (κ3) is 4.15. The number of hydrogen-bond donors (Lipinski definition) is 2. The SMILES string of the molecule is O=C(CCc1nc(-c2cc(Br)cs2)no1)N[C@H]1CCCNC1. The molecular weight excluding hydrogens is 368 g/mol. The van der Waals surface area contributed by atoms with Crippen LogP contribution in [0.5, 0.6) is 0 Å². The molecule has 0 unspecified atom stereocenters. The van der Waals surface area contributed by atoms with Crippen molar-refractivity contribution in [2.75, 3.05) is 13.1 Å². The molecule has 0 radical (unpaired) electrons. The summed E-state index contributed by atoms with van der Waals surface area (Å²) in [6.07, 6.45) is 2.98. The number of nitrogens with one attached hydrogen (secondary N) is 2. The predicted molar refractivity (Wildman–Crippen MR) is 87.7 cm³/mol. The smallest absolute Gasteiger partial charge is 0.227 e. The summed E-state index contributed by atoms with van der Waals surface area (Å²) in [5, 5.41) is 12.2. The number of aryl methyl sites for hydroxylation is 1. The first kappa shape index (κ1) is 15.6. The highest BCUT2D eigenvalue weighted by Gasteiger charge is 2.16. The van der Waals surface area contributed by atoms with E-state index in [1.165, 1.54) is 0 Å². The molecule has 0 aromatic carbocycles. The Kier molecular flexibility index (Phi) is 5.22. The molecule has 3 rings (SSSR count). The second-order valence-corrected chi connectivity index (χ2v) is 7.08. The lowest BCUT2D eigenvalue weighted by molar-refractivity contribution is -0.121. The van der Waals surface area contributed by atoms with Crippen LogP contribution in [-0.4, -0.2) is 35.2 Å². The van der Waals surface area contributed by atoms with Crippen molar-refractivity contribution in [3.63, 3.8) is 0 Å². The van der Waals surface area contributed by atoms with Gasteiger partial charge < -0.3 is 15.2 Å². The Labute approximate surface area is 140 Å². The lowest BCUT2D eigenvalue weighted by Crippen LogP contribution is -2.45. The molecule has 6 nitrogen and oxygen atoms in total. The number of aromatic nitrogens is 2. The Morgan fingerprint density at radius 1 is 1.59 bits per heavy atom. The molecule has 1 amide bonds. The highest BCUT2D eigenvalue weighted by atomic mass is 79.9. The molecule has 2 aromatic heterocycles. The van der Waals surface area contributed by atoms with Gasteiger partial charge >= 0.3 is 0 Å². The van der Waals surface area contributed by atoms with Gasteiger partial charge in [0.05, 0.1) is 4.88 Å². The van der Waals surface area contributed by atoms with Crippen molar-refractivity contribution in [3.8, 4) is 10.7 Å². The fourth-order valence-electron chi connectivity index (χ4n) is 2.38. The molecule has 1 aliphatic rings. The van der Waals surface area contributed by atoms with Crippen LogP contribution in [0.2, 0.25) is 0 Å². The fourth-order valence-corrected chi connectivity index (χ4v) is 3.73. The third-order valence-electron chi connectivity index (χ3n) is 3.48. The largest absolute Gasteiger partial charge is 0.352 e. The van der Waals surface area contributed by atoms with Crippen molar-refractivity contribution in [1.29, 1.82) is 0 Å². The molecule has 2 aromatic rings. The third-order valence-corrected chi connectivity index (χ3v) is 5.17. The van der Waals surface area contributed by atoms with E-state index in [9.17, 15) is 4.79 Å². The first-order valence-corrected chi connectivity index (χ1v) is 8.95. The minimum absolute atomic E-state index is 0.0346. The van der Waals surface area contributed by atoms with E-state index in [-0.39, 0.29) is 11.9 Å². The maximum Gasteiger partial charge on any atom is 0.227 e. The minimum atomic E-state index is 0.0346. The monoisotopic (exact) mass is 384 g/mol. The number of halogens is 1. The zero-order chi connectivity index (χ0) is 15.4. The Bertz CT molecular complexity index is 636.